The molecule has 0 bridgehead atoms. The predicted octanol–water partition coefficient (Wildman–Crippen LogP) is 2.88. The van der Waals surface area contributed by atoms with Crippen LogP contribution in [0, 0.1) is 11.3 Å². The predicted molar refractivity (Wildman–Crippen MR) is 70.5 cm³/mol. The lowest BCUT2D eigenvalue weighted by Crippen LogP contribution is -2.15. The summed E-state index contributed by atoms with van der Waals surface area (Å²) in [5.74, 6) is 1.53. The Kier molecular flexibility index (Phi) is 3.25. The van der Waals surface area contributed by atoms with E-state index in [-0.39, 0.29) is 0 Å². The molecule has 2 aromatic rings. The van der Waals surface area contributed by atoms with Gasteiger partial charge in [0.25, 0.3) is 0 Å². The third-order valence-electron chi connectivity index (χ3n) is 2.57. The van der Waals surface area contributed by atoms with Crippen molar-refractivity contribution in [1.29, 1.82) is 5.26 Å². The SMILES string of the molecule is N#Cc1cccc(Sc2ccc3c(c2)OCCO3)n1. The van der Waals surface area contributed by atoms with Crippen molar-refractivity contribution in [2.75, 3.05) is 13.2 Å². The minimum atomic E-state index is 0.419. The molecule has 1 aliphatic heterocycles. The van der Waals surface area contributed by atoms with Gasteiger partial charge in [0, 0.05) is 4.90 Å². The molecule has 0 fully saturated rings. The summed E-state index contributed by atoms with van der Waals surface area (Å²) in [6, 6.07) is 13.2. The van der Waals surface area contributed by atoms with Crippen molar-refractivity contribution >= 4 is 11.8 Å². The fourth-order valence-electron chi connectivity index (χ4n) is 1.74. The van der Waals surface area contributed by atoms with Crippen LogP contribution < -0.4 is 9.47 Å². The quantitative estimate of drug-likeness (QED) is 0.839. The molecule has 4 nitrogen and oxygen atoms in total. The van der Waals surface area contributed by atoms with Gasteiger partial charge < -0.3 is 9.47 Å². The number of aromatic nitrogens is 1. The Morgan fingerprint density at radius 1 is 1.11 bits per heavy atom. The lowest BCUT2D eigenvalue weighted by molar-refractivity contribution is 0.171. The van der Waals surface area contributed by atoms with E-state index >= 15 is 0 Å². The number of hydrogen-bond acceptors (Lipinski definition) is 5. The highest BCUT2D eigenvalue weighted by molar-refractivity contribution is 7.99. The Labute approximate surface area is 115 Å². The first-order valence-electron chi connectivity index (χ1n) is 5.80. The second-order valence-electron chi connectivity index (χ2n) is 3.88. The highest BCUT2D eigenvalue weighted by Gasteiger charge is 2.12. The highest BCUT2D eigenvalue weighted by Crippen LogP contribution is 2.36. The van der Waals surface area contributed by atoms with Crippen LogP contribution in [-0.2, 0) is 0 Å². The maximum absolute atomic E-state index is 8.83. The average molecular weight is 270 g/mol. The number of ether oxygens (including phenoxy) is 2. The van der Waals surface area contributed by atoms with Crippen LogP contribution in [0.3, 0.4) is 0 Å². The second kappa shape index (κ2) is 5.21. The number of rotatable bonds is 2. The molecular weight excluding hydrogens is 260 g/mol. The lowest BCUT2D eigenvalue weighted by atomic mass is 10.3. The van der Waals surface area contributed by atoms with E-state index in [2.05, 4.69) is 4.98 Å². The van der Waals surface area contributed by atoms with Crippen molar-refractivity contribution in [3.05, 3.63) is 42.1 Å². The minimum absolute atomic E-state index is 0.419. The normalized spacial score (nSPS) is 12.8. The van der Waals surface area contributed by atoms with Gasteiger partial charge in [-0.1, -0.05) is 17.8 Å². The van der Waals surface area contributed by atoms with Crippen molar-refractivity contribution in [1.82, 2.24) is 4.98 Å². The Hall–Kier alpha value is -2.19. The van der Waals surface area contributed by atoms with Gasteiger partial charge in [-0.15, -0.1) is 0 Å². The zero-order valence-corrected chi connectivity index (χ0v) is 10.8. The monoisotopic (exact) mass is 270 g/mol. The molecule has 0 amide bonds. The van der Waals surface area contributed by atoms with Gasteiger partial charge in [0.05, 0.1) is 0 Å². The van der Waals surface area contributed by atoms with Gasteiger partial charge in [0.15, 0.2) is 11.5 Å². The van der Waals surface area contributed by atoms with Crippen molar-refractivity contribution in [3.8, 4) is 17.6 Å². The third-order valence-corrected chi connectivity index (χ3v) is 3.50. The molecule has 0 saturated heterocycles. The van der Waals surface area contributed by atoms with E-state index < -0.39 is 0 Å². The fourth-order valence-corrected chi connectivity index (χ4v) is 2.58. The van der Waals surface area contributed by atoms with E-state index in [1.54, 1.807) is 6.07 Å². The first kappa shape index (κ1) is 11.9. The van der Waals surface area contributed by atoms with Gasteiger partial charge in [-0.3, -0.25) is 0 Å². The summed E-state index contributed by atoms with van der Waals surface area (Å²) < 4.78 is 11.0. The van der Waals surface area contributed by atoms with Crippen LogP contribution in [0.4, 0.5) is 0 Å². The Morgan fingerprint density at radius 2 is 1.95 bits per heavy atom. The van der Waals surface area contributed by atoms with Crippen LogP contribution >= 0.6 is 11.8 Å². The Morgan fingerprint density at radius 3 is 2.79 bits per heavy atom. The van der Waals surface area contributed by atoms with Crippen LogP contribution in [0.1, 0.15) is 5.69 Å². The molecule has 1 aromatic carbocycles. The number of nitrogens with zero attached hydrogens (tertiary/aromatic N) is 2. The van der Waals surface area contributed by atoms with Crippen molar-refractivity contribution in [2.24, 2.45) is 0 Å². The van der Waals surface area contributed by atoms with Gasteiger partial charge in [0.1, 0.15) is 30.0 Å². The molecule has 0 atom stereocenters. The zero-order valence-electron chi connectivity index (χ0n) is 10.00. The Bertz CT molecular complexity index is 652. The summed E-state index contributed by atoms with van der Waals surface area (Å²) in [4.78, 5) is 5.23. The van der Waals surface area contributed by atoms with Crippen LogP contribution in [0.5, 0.6) is 11.5 Å². The van der Waals surface area contributed by atoms with Gasteiger partial charge in [-0.05, 0) is 30.3 Å². The zero-order chi connectivity index (χ0) is 13.1. The minimum Gasteiger partial charge on any atom is -0.486 e. The van der Waals surface area contributed by atoms with Crippen molar-refractivity contribution in [3.63, 3.8) is 0 Å². The summed E-state index contributed by atoms with van der Waals surface area (Å²) in [7, 11) is 0. The molecule has 0 N–H and O–H groups in total. The van der Waals surface area contributed by atoms with E-state index in [1.165, 1.54) is 11.8 Å². The molecule has 94 valence electrons. The summed E-state index contributed by atoms with van der Waals surface area (Å²) in [6.45, 7) is 1.16. The van der Waals surface area contributed by atoms with Crippen molar-refractivity contribution in [2.45, 2.75) is 9.92 Å². The number of benzene rings is 1. The molecular formula is C14H10N2O2S. The molecule has 19 heavy (non-hydrogen) atoms. The summed E-state index contributed by atoms with van der Waals surface area (Å²) >= 11 is 1.49. The first-order valence-corrected chi connectivity index (χ1v) is 6.61. The fraction of sp³-hybridized carbons (Fsp3) is 0.143. The molecule has 2 heterocycles. The van der Waals surface area contributed by atoms with E-state index in [4.69, 9.17) is 14.7 Å². The number of hydrogen-bond donors (Lipinski definition) is 0. The largest absolute Gasteiger partial charge is 0.486 e. The van der Waals surface area contributed by atoms with Gasteiger partial charge in [0.2, 0.25) is 0 Å². The van der Waals surface area contributed by atoms with Crippen LogP contribution in [-0.4, -0.2) is 18.2 Å². The summed E-state index contributed by atoms with van der Waals surface area (Å²) in [5, 5.41) is 9.62. The third kappa shape index (κ3) is 2.64. The van der Waals surface area contributed by atoms with E-state index in [9.17, 15) is 0 Å². The highest BCUT2D eigenvalue weighted by atomic mass is 32.2. The molecule has 0 unspecified atom stereocenters. The lowest BCUT2D eigenvalue weighted by Gasteiger charge is -2.18. The van der Waals surface area contributed by atoms with Crippen LogP contribution in [0.25, 0.3) is 0 Å². The molecule has 3 rings (SSSR count). The molecule has 1 aliphatic rings. The van der Waals surface area contributed by atoms with Gasteiger partial charge >= 0.3 is 0 Å². The summed E-state index contributed by atoms with van der Waals surface area (Å²) in [5.41, 5.74) is 0.419. The molecule has 5 heteroatoms. The molecule has 0 saturated carbocycles. The van der Waals surface area contributed by atoms with Crippen molar-refractivity contribution < 1.29 is 9.47 Å². The van der Waals surface area contributed by atoms with E-state index in [0.29, 0.717) is 18.9 Å². The number of pyridine rings is 1. The number of nitriles is 1. The molecule has 0 spiro atoms. The maximum Gasteiger partial charge on any atom is 0.162 e. The summed E-state index contributed by atoms with van der Waals surface area (Å²) in [6.07, 6.45) is 0. The topological polar surface area (TPSA) is 55.1 Å². The van der Waals surface area contributed by atoms with E-state index in [1.807, 2.05) is 36.4 Å². The van der Waals surface area contributed by atoms with Crippen LogP contribution in [0.15, 0.2) is 46.3 Å². The van der Waals surface area contributed by atoms with E-state index in [0.717, 1.165) is 21.4 Å². The molecule has 0 radical (unpaired) electrons. The van der Waals surface area contributed by atoms with Gasteiger partial charge in [-0.25, -0.2) is 4.98 Å². The second-order valence-corrected chi connectivity index (χ2v) is 4.97. The van der Waals surface area contributed by atoms with Gasteiger partial charge in [-0.2, -0.15) is 5.26 Å². The number of fused-ring (bicyclic) bond motifs is 1. The molecule has 0 aliphatic carbocycles. The average Bonchev–Trinajstić information content (AvgIpc) is 2.47. The standard InChI is InChI=1S/C14H10N2O2S/c15-9-10-2-1-3-14(16-10)19-11-4-5-12-13(8-11)18-7-6-17-12/h1-5,8H,6-7H2. The molecule has 1 aromatic heterocycles. The maximum atomic E-state index is 8.83. The first-order chi connectivity index (χ1) is 9.35. The Balaban J connectivity index is 1.85. The van der Waals surface area contributed by atoms with Crippen LogP contribution in [0.2, 0.25) is 0 Å². The smallest absolute Gasteiger partial charge is 0.162 e.